The number of rotatable bonds is 5. The molecule has 108 valence electrons. The fraction of sp³-hybridized carbons (Fsp3) is 0.273. The summed E-state index contributed by atoms with van der Waals surface area (Å²) in [4.78, 5) is 31.8. The topological polar surface area (TPSA) is 98.5 Å². The number of halogens is 2. The fourth-order valence-corrected chi connectivity index (χ4v) is 1.66. The number of amides is 1. The lowest BCUT2D eigenvalue weighted by atomic mass is 10.2. The van der Waals surface area contributed by atoms with Gasteiger partial charge in [0.15, 0.2) is 0 Å². The van der Waals surface area contributed by atoms with E-state index in [0.29, 0.717) is 6.07 Å². The van der Waals surface area contributed by atoms with Crippen molar-refractivity contribution in [2.24, 2.45) is 0 Å². The molecule has 0 spiro atoms. The number of methoxy groups -OCH3 is 1. The number of ether oxygens (including phenoxy) is 1. The molecule has 0 bridgehead atoms. The van der Waals surface area contributed by atoms with Crippen LogP contribution in [0, 0.1) is 15.9 Å². The molecule has 0 heterocycles. The maximum atomic E-state index is 13.2. The molecule has 7 nitrogen and oxygen atoms in total. The summed E-state index contributed by atoms with van der Waals surface area (Å²) >= 11 is 2.99. The van der Waals surface area contributed by atoms with Crippen molar-refractivity contribution < 1.29 is 23.6 Å². The van der Waals surface area contributed by atoms with Crippen LogP contribution in [-0.4, -0.2) is 35.3 Å². The summed E-state index contributed by atoms with van der Waals surface area (Å²) in [7, 11) is 1.19. The third-order valence-electron chi connectivity index (χ3n) is 2.25. The zero-order valence-corrected chi connectivity index (χ0v) is 11.8. The van der Waals surface area contributed by atoms with Crippen molar-refractivity contribution >= 4 is 33.5 Å². The van der Waals surface area contributed by atoms with Crippen molar-refractivity contribution in [3.05, 3.63) is 39.7 Å². The zero-order chi connectivity index (χ0) is 15.3. The minimum absolute atomic E-state index is 0.101. The number of hydrogen-bond acceptors (Lipinski definition) is 5. The summed E-state index contributed by atoms with van der Waals surface area (Å²) in [6.07, 6.45) is 0. The van der Waals surface area contributed by atoms with Gasteiger partial charge in [0.1, 0.15) is 10.6 Å². The van der Waals surface area contributed by atoms with Crippen LogP contribution in [0.25, 0.3) is 0 Å². The van der Waals surface area contributed by atoms with Crippen molar-refractivity contribution in [3.63, 3.8) is 0 Å². The lowest BCUT2D eigenvalue weighted by Crippen LogP contribution is -2.34. The number of benzene rings is 1. The first-order valence-electron chi connectivity index (χ1n) is 5.30. The van der Waals surface area contributed by atoms with Crippen LogP contribution in [-0.2, 0) is 9.53 Å². The summed E-state index contributed by atoms with van der Waals surface area (Å²) in [5.74, 6) is -2.22. The van der Waals surface area contributed by atoms with Crippen molar-refractivity contribution in [3.8, 4) is 0 Å². The van der Waals surface area contributed by atoms with Gasteiger partial charge in [-0.2, -0.15) is 0 Å². The average molecular weight is 349 g/mol. The Labute approximate surface area is 121 Å². The van der Waals surface area contributed by atoms with Gasteiger partial charge in [0.25, 0.3) is 11.6 Å². The number of alkyl halides is 1. The first-order chi connectivity index (χ1) is 9.35. The Bertz CT molecular complexity index is 552. The molecule has 0 fully saturated rings. The molecular formula is C11H10BrFN2O5. The summed E-state index contributed by atoms with van der Waals surface area (Å²) < 4.78 is 17.6. The van der Waals surface area contributed by atoms with Crippen LogP contribution in [0.2, 0.25) is 0 Å². The van der Waals surface area contributed by atoms with E-state index >= 15 is 0 Å². The number of carbonyl (C=O) groups is 2. The Balaban J connectivity index is 2.78. The molecular weight excluding hydrogens is 339 g/mol. The molecule has 0 saturated heterocycles. The maximum absolute atomic E-state index is 13.2. The molecule has 1 atom stereocenters. The third-order valence-corrected chi connectivity index (χ3v) is 2.95. The van der Waals surface area contributed by atoms with Gasteiger partial charge in [-0.1, -0.05) is 15.9 Å². The summed E-state index contributed by atoms with van der Waals surface area (Å²) in [6.45, 7) is -0.101. The van der Waals surface area contributed by atoms with E-state index in [0.717, 1.165) is 12.1 Å². The maximum Gasteiger partial charge on any atom is 0.321 e. The lowest BCUT2D eigenvalue weighted by Gasteiger charge is -2.09. The molecule has 1 N–H and O–H groups in total. The van der Waals surface area contributed by atoms with Gasteiger partial charge in [0.05, 0.1) is 18.1 Å². The van der Waals surface area contributed by atoms with Crippen LogP contribution in [0.1, 0.15) is 10.4 Å². The SMILES string of the molecule is COC(=O)C(Br)CNC(=O)c1cc(F)cc([N+](=O)[O-])c1. The minimum atomic E-state index is -0.896. The van der Waals surface area contributed by atoms with E-state index in [9.17, 15) is 24.1 Å². The molecule has 1 unspecified atom stereocenters. The van der Waals surface area contributed by atoms with Crippen molar-refractivity contribution in [1.82, 2.24) is 5.32 Å². The highest BCUT2D eigenvalue weighted by Gasteiger charge is 2.18. The van der Waals surface area contributed by atoms with E-state index in [1.54, 1.807) is 0 Å². The van der Waals surface area contributed by atoms with Crippen molar-refractivity contribution in [2.75, 3.05) is 13.7 Å². The van der Waals surface area contributed by atoms with Gasteiger partial charge in [0.2, 0.25) is 0 Å². The Kier molecular flexibility index (Phi) is 5.56. The quantitative estimate of drug-likeness (QED) is 0.375. The number of non-ortho nitro benzene ring substituents is 1. The van der Waals surface area contributed by atoms with Crippen LogP contribution < -0.4 is 5.32 Å². The second-order valence-electron chi connectivity index (χ2n) is 3.66. The number of esters is 1. The van der Waals surface area contributed by atoms with Crippen LogP contribution in [0.15, 0.2) is 18.2 Å². The lowest BCUT2D eigenvalue weighted by molar-refractivity contribution is -0.385. The Hall–Kier alpha value is -2.03. The predicted molar refractivity (Wildman–Crippen MR) is 70.1 cm³/mol. The molecule has 0 aliphatic carbocycles. The van der Waals surface area contributed by atoms with E-state index in [1.807, 2.05) is 0 Å². The monoisotopic (exact) mass is 348 g/mol. The number of nitrogens with zero attached hydrogens (tertiary/aromatic N) is 1. The first-order valence-corrected chi connectivity index (χ1v) is 6.21. The second kappa shape index (κ2) is 6.94. The predicted octanol–water partition coefficient (Wildman–Crippen LogP) is 1.40. The highest BCUT2D eigenvalue weighted by Crippen LogP contribution is 2.16. The molecule has 0 radical (unpaired) electrons. The molecule has 0 saturated carbocycles. The van der Waals surface area contributed by atoms with Gasteiger partial charge in [-0.05, 0) is 6.07 Å². The molecule has 1 aromatic rings. The molecule has 1 amide bonds. The Morgan fingerprint density at radius 1 is 1.50 bits per heavy atom. The molecule has 1 rings (SSSR count). The van der Waals surface area contributed by atoms with Crippen LogP contribution in [0.3, 0.4) is 0 Å². The second-order valence-corrected chi connectivity index (χ2v) is 4.76. The summed E-state index contributed by atoms with van der Waals surface area (Å²) in [5, 5.41) is 12.9. The molecule has 9 heteroatoms. The van der Waals surface area contributed by atoms with Crippen molar-refractivity contribution in [1.29, 1.82) is 0 Å². The van der Waals surface area contributed by atoms with E-state index < -0.39 is 33.1 Å². The van der Waals surface area contributed by atoms with Crippen molar-refractivity contribution in [2.45, 2.75) is 4.83 Å². The van der Waals surface area contributed by atoms with Gasteiger partial charge in [-0.3, -0.25) is 19.7 Å². The highest BCUT2D eigenvalue weighted by atomic mass is 79.9. The zero-order valence-electron chi connectivity index (χ0n) is 10.3. The normalized spacial score (nSPS) is 11.6. The minimum Gasteiger partial charge on any atom is -0.468 e. The summed E-state index contributed by atoms with van der Waals surface area (Å²) in [6, 6.07) is 2.52. The molecule has 0 aliphatic rings. The van der Waals surface area contributed by atoms with Gasteiger partial charge >= 0.3 is 5.97 Å². The molecule has 0 aliphatic heterocycles. The van der Waals surface area contributed by atoms with E-state index in [2.05, 4.69) is 26.0 Å². The van der Waals surface area contributed by atoms with E-state index in [-0.39, 0.29) is 12.1 Å². The standard InChI is InChI=1S/C11H10BrFN2O5/c1-20-11(17)9(12)5-14-10(16)6-2-7(13)4-8(3-6)15(18)19/h2-4,9H,5H2,1H3,(H,14,16). The van der Waals surface area contributed by atoms with E-state index in [1.165, 1.54) is 7.11 Å². The first kappa shape index (κ1) is 16.0. The molecule has 0 aromatic heterocycles. The third kappa shape index (κ3) is 4.26. The summed E-state index contributed by atoms with van der Waals surface area (Å²) in [5.41, 5.74) is -0.736. The van der Waals surface area contributed by atoms with E-state index in [4.69, 9.17) is 0 Å². The molecule has 1 aromatic carbocycles. The number of nitrogens with one attached hydrogen (secondary N) is 1. The fourth-order valence-electron chi connectivity index (χ4n) is 1.31. The van der Waals surface area contributed by atoms with Crippen LogP contribution >= 0.6 is 15.9 Å². The number of hydrogen-bond donors (Lipinski definition) is 1. The largest absolute Gasteiger partial charge is 0.468 e. The van der Waals surface area contributed by atoms with Gasteiger partial charge in [0, 0.05) is 18.2 Å². The number of carbonyl (C=O) groups excluding carboxylic acids is 2. The molecule has 20 heavy (non-hydrogen) atoms. The van der Waals surface area contributed by atoms with Gasteiger partial charge in [-0.15, -0.1) is 0 Å². The van der Waals surface area contributed by atoms with Gasteiger partial charge < -0.3 is 10.1 Å². The number of nitro groups is 1. The Morgan fingerprint density at radius 3 is 2.70 bits per heavy atom. The average Bonchev–Trinajstić information content (AvgIpc) is 2.42. The Morgan fingerprint density at radius 2 is 2.15 bits per heavy atom. The van der Waals surface area contributed by atoms with Gasteiger partial charge in [-0.25, -0.2) is 4.39 Å². The number of nitro benzene ring substituents is 1. The van der Waals surface area contributed by atoms with Crippen LogP contribution in [0.5, 0.6) is 0 Å². The smallest absolute Gasteiger partial charge is 0.321 e. The van der Waals surface area contributed by atoms with Crippen LogP contribution in [0.4, 0.5) is 10.1 Å². The highest BCUT2D eigenvalue weighted by molar-refractivity contribution is 9.10.